The Labute approximate surface area is 95.5 Å². The second-order valence-electron chi connectivity index (χ2n) is 4.45. The van der Waals surface area contributed by atoms with Crippen molar-refractivity contribution < 1.29 is 5.11 Å². The van der Waals surface area contributed by atoms with E-state index in [4.69, 9.17) is 0 Å². The minimum Gasteiger partial charge on any atom is -0.384 e. The highest BCUT2D eigenvalue weighted by atomic mass is 16.3. The minimum absolute atomic E-state index is 0.757. The van der Waals surface area contributed by atoms with Crippen molar-refractivity contribution >= 4 is 0 Å². The molecule has 86 valence electrons. The van der Waals surface area contributed by atoms with E-state index in [1.807, 2.05) is 29.4 Å². The third-order valence-electron chi connectivity index (χ3n) is 2.47. The maximum Gasteiger partial charge on any atom is 0.101 e. The Bertz CT molecular complexity index is 381. The van der Waals surface area contributed by atoms with E-state index in [0.717, 1.165) is 12.2 Å². The SMILES string of the molecule is CC(C)(O)C1=CN(Cc2ccccc2)NN1. The van der Waals surface area contributed by atoms with E-state index in [-0.39, 0.29) is 0 Å². The second kappa shape index (κ2) is 4.15. The molecule has 1 aromatic rings. The van der Waals surface area contributed by atoms with Crippen LogP contribution < -0.4 is 11.0 Å². The van der Waals surface area contributed by atoms with Gasteiger partial charge in [0.25, 0.3) is 0 Å². The number of benzene rings is 1. The normalized spacial score (nSPS) is 15.9. The van der Waals surface area contributed by atoms with E-state index in [0.29, 0.717) is 0 Å². The lowest BCUT2D eigenvalue weighted by atomic mass is 10.1. The van der Waals surface area contributed by atoms with Gasteiger partial charge in [-0.05, 0) is 19.4 Å². The van der Waals surface area contributed by atoms with Crippen LogP contribution in [0.3, 0.4) is 0 Å². The molecule has 3 N–H and O–H groups in total. The number of hydrazine groups is 2. The molecule has 1 aliphatic heterocycles. The molecule has 2 rings (SSSR count). The zero-order valence-electron chi connectivity index (χ0n) is 9.57. The molecular weight excluding hydrogens is 202 g/mol. The fourth-order valence-corrected chi connectivity index (χ4v) is 1.53. The van der Waals surface area contributed by atoms with Crippen molar-refractivity contribution in [1.29, 1.82) is 0 Å². The van der Waals surface area contributed by atoms with Crippen molar-refractivity contribution in [3.63, 3.8) is 0 Å². The first-order valence-corrected chi connectivity index (χ1v) is 5.32. The predicted octanol–water partition coefficient (Wildman–Crippen LogP) is 1.12. The highest BCUT2D eigenvalue weighted by Gasteiger charge is 2.24. The van der Waals surface area contributed by atoms with Gasteiger partial charge in [0.15, 0.2) is 0 Å². The first kappa shape index (κ1) is 11.0. The molecule has 0 aliphatic carbocycles. The van der Waals surface area contributed by atoms with Crippen LogP contribution in [-0.2, 0) is 6.54 Å². The molecular formula is C12H17N3O. The lowest BCUT2D eigenvalue weighted by molar-refractivity contribution is 0.111. The van der Waals surface area contributed by atoms with E-state index in [1.54, 1.807) is 13.8 Å². The largest absolute Gasteiger partial charge is 0.384 e. The zero-order valence-corrected chi connectivity index (χ0v) is 9.57. The Morgan fingerprint density at radius 3 is 2.50 bits per heavy atom. The highest BCUT2D eigenvalue weighted by molar-refractivity contribution is 5.17. The summed E-state index contributed by atoms with van der Waals surface area (Å²) in [4.78, 5) is 0. The number of rotatable bonds is 3. The molecule has 16 heavy (non-hydrogen) atoms. The Kier molecular flexibility index (Phi) is 2.85. The van der Waals surface area contributed by atoms with Gasteiger partial charge in [-0.25, -0.2) is 0 Å². The lowest BCUT2D eigenvalue weighted by Crippen LogP contribution is -2.39. The van der Waals surface area contributed by atoms with Crippen LogP contribution in [0.5, 0.6) is 0 Å². The average molecular weight is 219 g/mol. The van der Waals surface area contributed by atoms with E-state index >= 15 is 0 Å². The zero-order chi connectivity index (χ0) is 11.6. The maximum atomic E-state index is 9.80. The monoisotopic (exact) mass is 219 g/mol. The average Bonchev–Trinajstić information content (AvgIpc) is 2.67. The molecule has 0 aromatic heterocycles. The van der Waals surface area contributed by atoms with Crippen LogP contribution in [-0.4, -0.2) is 15.7 Å². The first-order valence-electron chi connectivity index (χ1n) is 5.32. The van der Waals surface area contributed by atoms with E-state index < -0.39 is 5.60 Å². The molecule has 0 spiro atoms. The van der Waals surface area contributed by atoms with Gasteiger partial charge in [-0.2, -0.15) is 0 Å². The minimum atomic E-state index is -0.849. The molecule has 0 unspecified atom stereocenters. The molecule has 0 saturated carbocycles. The highest BCUT2D eigenvalue weighted by Crippen LogP contribution is 2.16. The quantitative estimate of drug-likeness (QED) is 0.713. The molecule has 0 saturated heterocycles. The summed E-state index contributed by atoms with van der Waals surface area (Å²) in [6.45, 7) is 4.26. The van der Waals surface area contributed by atoms with Crippen molar-refractivity contribution in [2.75, 3.05) is 0 Å². The first-order chi connectivity index (χ1) is 7.55. The fourth-order valence-electron chi connectivity index (χ4n) is 1.53. The summed E-state index contributed by atoms with van der Waals surface area (Å²) in [7, 11) is 0. The molecule has 4 heteroatoms. The van der Waals surface area contributed by atoms with Gasteiger partial charge < -0.3 is 10.5 Å². The summed E-state index contributed by atoms with van der Waals surface area (Å²) < 4.78 is 0. The number of aliphatic hydroxyl groups is 1. The molecule has 0 bridgehead atoms. The summed E-state index contributed by atoms with van der Waals surface area (Å²) in [5.41, 5.74) is 7.08. The van der Waals surface area contributed by atoms with Crippen molar-refractivity contribution in [3.05, 3.63) is 47.8 Å². The summed E-state index contributed by atoms with van der Waals surface area (Å²) in [6, 6.07) is 10.2. The molecule has 0 fully saturated rings. The Hall–Kier alpha value is -1.52. The van der Waals surface area contributed by atoms with Gasteiger partial charge in [-0.1, -0.05) is 30.3 Å². The van der Waals surface area contributed by atoms with E-state index in [9.17, 15) is 5.11 Å². The van der Waals surface area contributed by atoms with E-state index in [2.05, 4.69) is 23.1 Å². The molecule has 4 nitrogen and oxygen atoms in total. The molecule has 1 aromatic carbocycles. The van der Waals surface area contributed by atoms with Crippen LogP contribution in [0.4, 0.5) is 0 Å². The van der Waals surface area contributed by atoms with Gasteiger partial charge in [-0.15, -0.1) is 5.53 Å². The molecule has 1 aliphatic rings. The van der Waals surface area contributed by atoms with Gasteiger partial charge in [-0.3, -0.25) is 5.01 Å². The summed E-state index contributed by atoms with van der Waals surface area (Å²) >= 11 is 0. The molecule has 0 amide bonds. The third-order valence-corrected chi connectivity index (χ3v) is 2.47. The summed E-state index contributed by atoms with van der Waals surface area (Å²) in [6.07, 6.45) is 1.88. The van der Waals surface area contributed by atoms with Gasteiger partial charge in [0.1, 0.15) is 5.60 Å². The van der Waals surface area contributed by atoms with Crippen LogP contribution >= 0.6 is 0 Å². The van der Waals surface area contributed by atoms with Crippen LogP contribution in [0.15, 0.2) is 42.2 Å². The van der Waals surface area contributed by atoms with Crippen LogP contribution in [0.25, 0.3) is 0 Å². The van der Waals surface area contributed by atoms with Crippen molar-refractivity contribution in [3.8, 4) is 0 Å². The van der Waals surface area contributed by atoms with Gasteiger partial charge in [0.05, 0.1) is 12.2 Å². The topological polar surface area (TPSA) is 47.5 Å². The summed E-state index contributed by atoms with van der Waals surface area (Å²) in [5.74, 6) is 0. The summed E-state index contributed by atoms with van der Waals surface area (Å²) in [5, 5.41) is 11.7. The molecule has 1 heterocycles. The molecule has 0 radical (unpaired) electrons. The maximum absolute atomic E-state index is 9.80. The number of nitrogens with zero attached hydrogens (tertiary/aromatic N) is 1. The van der Waals surface area contributed by atoms with Crippen molar-refractivity contribution in [2.24, 2.45) is 0 Å². The second-order valence-corrected chi connectivity index (χ2v) is 4.45. The fraction of sp³-hybridized carbons (Fsp3) is 0.333. The van der Waals surface area contributed by atoms with Crippen molar-refractivity contribution in [1.82, 2.24) is 16.0 Å². The van der Waals surface area contributed by atoms with Gasteiger partial charge in [0, 0.05) is 6.20 Å². The molecule has 0 atom stereocenters. The number of nitrogens with one attached hydrogen (secondary N) is 2. The lowest BCUT2D eigenvalue weighted by Gasteiger charge is -2.17. The van der Waals surface area contributed by atoms with E-state index in [1.165, 1.54) is 5.56 Å². The Morgan fingerprint density at radius 2 is 1.94 bits per heavy atom. The van der Waals surface area contributed by atoms with Gasteiger partial charge >= 0.3 is 0 Å². The smallest absolute Gasteiger partial charge is 0.101 e. The Morgan fingerprint density at radius 1 is 1.25 bits per heavy atom. The van der Waals surface area contributed by atoms with Gasteiger partial charge in [0.2, 0.25) is 0 Å². The Balaban J connectivity index is 2.02. The number of hydrogen-bond donors (Lipinski definition) is 3. The standard InChI is InChI=1S/C12H17N3O/c1-12(2,16)11-9-15(14-13-11)8-10-6-4-3-5-7-10/h3-7,9,13-14,16H,8H2,1-2H3. The van der Waals surface area contributed by atoms with Crippen molar-refractivity contribution in [2.45, 2.75) is 26.0 Å². The predicted molar refractivity (Wildman–Crippen MR) is 62.6 cm³/mol. The van der Waals surface area contributed by atoms with Crippen LogP contribution in [0.1, 0.15) is 19.4 Å². The number of hydrogen-bond acceptors (Lipinski definition) is 4. The third kappa shape index (κ3) is 2.53. The van der Waals surface area contributed by atoms with Crippen LogP contribution in [0, 0.1) is 0 Å². The van der Waals surface area contributed by atoms with Crippen LogP contribution in [0.2, 0.25) is 0 Å².